The number of carbonyl (C=O) groups excluding carboxylic acids is 1. The van der Waals surface area contributed by atoms with Crippen molar-refractivity contribution in [2.45, 2.75) is 6.61 Å². The Bertz CT molecular complexity index is 594. The summed E-state index contributed by atoms with van der Waals surface area (Å²) in [6, 6.07) is 4.78. The second-order valence-corrected chi connectivity index (χ2v) is 3.92. The highest BCUT2D eigenvalue weighted by Crippen LogP contribution is 2.22. The van der Waals surface area contributed by atoms with Gasteiger partial charge in [0.2, 0.25) is 0 Å². The number of methoxy groups -OCH3 is 1. The summed E-state index contributed by atoms with van der Waals surface area (Å²) in [7, 11) is 3.21. The lowest BCUT2D eigenvalue weighted by Gasteiger charge is -2.08. The first-order valence-corrected chi connectivity index (χ1v) is 5.56. The first-order chi connectivity index (χ1) is 9.10. The first kappa shape index (κ1) is 12.9. The van der Waals surface area contributed by atoms with Gasteiger partial charge in [-0.05, 0) is 18.2 Å². The average molecular weight is 262 g/mol. The molecule has 0 spiro atoms. The predicted octanol–water partition coefficient (Wildman–Crippen LogP) is 0.763. The number of rotatable bonds is 4. The second kappa shape index (κ2) is 5.38. The van der Waals surface area contributed by atoms with E-state index < -0.39 is 5.97 Å². The maximum Gasteiger partial charge on any atom is 0.342 e. The molecule has 0 saturated heterocycles. The summed E-state index contributed by atoms with van der Waals surface area (Å²) < 4.78 is 11.8. The number of benzene rings is 1. The molecule has 0 aliphatic carbocycles. The van der Waals surface area contributed by atoms with E-state index in [9.17, 15) is 4.79 Å². The molecule has 100 valence electrons. The first-order valence-electron chi connectivity index (χ1n) is 5.56. The summed E-state index contributed by atoms with van der Waals surface area (Å²) in [5.41, 5.74) is 6.96. The Balaban J connectivity index is 2.09. The number of nitrogens with two attached hydrogens (primary N) is 1. The van der Waals surface area contributed by atoms with Crippen LogP contribution in [0.25, 0.3) is 0 Å². The molecule has 2 N–H and O–H groups in total. The van der Waals surface area contributed by atoms with Crippen molar-refractivity contribution in [2.75, 3.05) is 12.8 Å². The number of hydrogen-bond donors (Lipinski definition) is 1. The number of nitrogens with zero attached hydrogens (tertiary/aromatic N) is 3. The van der Waals surface area contributed by atoms with Gasteiger partial charge in [0.15, 0.2) is 0 Å². The van der Waals surface area contributed by atoms with E-state index in [4.69, 9.17) is 15.2 Å². The maximum atomic E-state index is 11.9. The van der Waals surface area contributed by atoms with Gasteiger partial charge < -0.3 is 15.2 Å². The third kappa shape index (κ3) is 3.01. The summed E-state index contributed by atoms with van der Waals surface area (Å²) in [6.07, 6.45) is 1.67. The van der Waals surface area contributed by atoms with Crippen LogP contribution in [-0.4, -0.2) is 28.1 Å². The van der Waals surface area contributed by atoms with Crippen LogP contribution in [0.4, 0.5) is 5.69 Å². The van der Waals surface area contributed by atoms with Gasteiger partial charge in [-0.1, -0.05) is 5.21 Å². The van der Waals surface area contributed by atoms with Crippen LogP contribution in [-0.2, 0) is 18.4 Å². The van der Waals surface area contributed by atoms with Gasteiger partial charge >= 0.3 is 5.97 Å². The van der Waals surface area contributed by atoms with Crippen LogP contribution in [0.2, 0.25) is 0 Å². The molecule has 0 saturated carbocycles. The lowest BCUT2D eigenvalue weighted by Crippen LogP contribution is -2.08. The van der Waals surface area contributed by atoms with Gasteiger partial charge in [0.25, 0.3) is 0 Å². The molecule has 0 radical (unpaired) electrons. The SMILES string of the molecule is COc1ccc(N)cc1C(=O)OCc1cn(C)nn1. The van der Waals surface area contributed by atoms with Crippen LogP contribution < -0.4 is 10.5 Å². The minimum absolute atomic E-state index is 0.0463. The molecular formula is C12H14N4O3. The Morgan fingerprint density at radius 3 is 2.89 bits per heavy atom. The number of carbonyl (C=O) groups is 1. The van der Waals surface area contributed by atoms with Crippen molar-refractivity contribution in [3.8, 4) is 5.75 Å². The van der Waals surface area contributed by atoms with Crippen LogP contribution in [0.5, 0.6) is 5.75 Å². The molecule has 1 heterocycles. The van der Waals surface area contributed by atoms with Crippen molar-refractivity contribution >= 4 is 11.7 Å². The third-order valence-corrected chi connectivity index (χ3v) is 2.44. The van der Waals surface area contributed by atoms with Crippen molar-refractivity contribution < 1.29 is 14.3 Å². The highest BCUT2D eigenvalue weighted by atomic mass is 16.5. The molecule has 2 aromatic rings. The van der Waals surface area contributed by atoms with E-state index in [1.807, 2.05) is 0 Å². The summed E-state index contributed by atoms with van der Waals surface area (Å²) in [6.45, 7) is 0.0463. The standard InChI is InChI=1S/C12H14N4O3/c1-16-6-9(14-15-16)7-19-12(17)10-5-8(13)3-4-11(10)18-2/h3-6H,7,13H2,1-2H3. The molecule has 7 heteroatoms. The quantitative estimate of drug-likeness (QED) is 0.646. The van der Waals surface area contributed by atoms with E-state index in [0.29, 0.717) is 17.1 Å². The Kier molecular flexibility index (Phi) is 3.65. The van der Waals surface area contributed by atoms with Crippen LogP contribution in [0, 0.1) is 0 Å². The molecule has 0 bridgehead atoms. The minimum atomic E-state index is -0.519. The summed E-state index contributed by atoms with van der Waals surface area (Å²) in [4.78, 5) is 11.9. The Hall–Kier alpha value is -2.57. The molecule has 0 amide bonds. The number of ether oxygens (including phenoxy) is 2. The van der Waals surface area contributed by atoms with E-state index in [2.05, 4.69) is 10.3 Å². The van der Waals surface area contributed by atoms with E-state index in [1.54, 1.807) is 25.4 Å². The predicted molar refractivity (Wildman–Crippen MR) is 67.5 cm³/mol. The second-order valence-electron chi connectivity index (χ2n) is 3.92. The largest absolute Gasteiger partial charge is 0.496 e. The van der Waals surface area contributed by atoms with Crippen molar-refractivity contribution in [1.29, 1.82) is 0 Å². The van der Waals surface area contributed by atoms with E-state index in [0.717, 1.165) is 0 Å². The van der Waals surface area contributed by atoms with E-state index in [1.165, 1.54) is 17.9 Å². The van der Waals surface area contributed by atoms with Gasteiger partial charge in [-0.2, -0.15) is 0 Å². The van der Waals surface area contributed by atoms with Gasteiger partial charge in [-0.25, -0.2) is 4.79 Å². The highest BCUT2D eigenvalue weighted by molar-refractivity contribution is 5.93. The van der Waals surface area contributed by atoms with Crippen molar-refractivity contribution in [1.82, 2.24) is 15.0 Å². The molecule has 7 nitrogen and oxygen atoms in total. The number of aromatic nitrogens is 3. The topological polar surface area (TPSA) is 92.3 Å². The zero-order chi connectivity index (χ0) is 13.8. The van der Waals surface area contributed by atoms with Crippen molar-refractivity contribution in [3.05, 3.63) is 35.7 Å². The van der Waals surface area contributed by atoms with Crippen LogP contribution in [0.3, 0.4) is 0 Å². The van der Waals surface area contributed by atoms with Crippen molar-refractivity contribution in [3.63, 3.8) is 0 Å². The molecule has 0 aliphatic heterocycles. The van der Waals surface area contributed by atoms with E-state index in [-0.39, 0.29) is 12.2 Å². The molecule has 2 rings (SSSR count). The molecule has 1 aromatic heterocycles. The summed E-state index contributed by atoms with van der Waals surface area (Å²) in [5, 5.41) is 7.57. The average Bonchev–Trinajstić information content (AvgIpc) is 2.81. The molecule has 0 fully saturated rings. The van der Waals surface area contributed by atoms with Crippen LogP contribution >= 0.6 is 0 Å². The number of aryl methyl sites for hydroxylation is 1. The normalized spacial score (nSPS) is 10.2. The number of hydrogen-bond acceptors (Lipinski definition) is 6. The van der Waals surface area contributed by atoms with Crippen molar-refractivity contribution in [2.24, 2.45) is 7.05 Å². The van der Waals surface area contributed by atoms with Gasteiger partial charge in [0.05, 0.1) is 13.3 Å². The monoisotopic (exact) mass is 262 g/mol. The molecule has 0 unspecified atom stereocenters. The minimum Gasteiger partial charge on any atom is -0.496 e. The fourth-order valence-electron chi connectivity index (χ4n) is 1.56. The van der Waals surface area contributed by atoms with Gasteiger partial charge in [0.1, 0.15) is 23.6 Å². The lowest BCUT2D eigenvalue weighted by molar-refractivity contribution is 0.0464. The molecule has 0 aliphatic rings. The van der Waals surface area contributed by atoms with Gasteiger partial charge in [-0.3, -0.25) is 4.68 Å². The molecular weight excluding hydrogens is 248 g/mol. The van der Waals surface area contributed by atoms with Gasteiger partial charge in [-0.15, -0.1) is 5.10 Å². The molecule has 0 atom stereocenters. The smallest absolute Gasteiger partial charge is 0.342 e. The fraction of sp³-hybridized carbons (Fsp3) is 0.250. The van der Waals surface area contributed by atoms with Crippen LogP contribution in [0.15, 0.2) is 24.4 Å². The third-order valence-electron chi connectivity index (χ3n) is 2.44. The maximum absolute atomic E-state index is 11.9. The molecule has 19 heavy (non-hydrogen) atoms. The Morgan fingerprint density at radius 1 is 1.47 bits per heavy atom. The number of anilines is 1. The highest BCUT2D eigenvalue weighted by Gasteiger charge is 2.14. The zero-order valence-corrected chi connectivity index (χ0v) is 10.7. The van der Waals surface area contributed by atoms with E-state index >= 15 is 0 Å². The summed E-state index contributed by atoms with van der Waals surface area (Å²) >= 11 is 0. The Labute approximate surface area is 109 Å². The van der Waals surface area contributed by atoms with Crippen LogP contribution in [0.1, 0.15) is 16.1 Å². The molecule has 1 aromatic carbocycles. The number of esters is 1. The van der Waals surface area contributed by atoms with Gasteiger partial charge in [0, 0.05) is 12.7 Å². The Morgan fingerprint density at radius 2 is 2.26 bits per heavy atom. The summed E-state index contributed by atoms with van der Waals surface area (Å²) in [5.74, 6) is -0.104. The zero-order valence-electron chi connectivity index (χ0n) is 10.7. The fourth-order valence-corrected chi connectivity index (χ4v) is 1.56. The lowest BCUT2D eigenvalue weighted by atomic mass is 10.2. The number of nitrogen functional groups attached to an aromatic ring is 1.